The summed E-state index contributed by atoms with van der Waals surface area (Å²) in [6, 6.07) is 16.7. The van der Waals surface area contributed by atoms with Crippen LogP contribution in [0.25, 0.3) is 0 Å². The first-order valence-electron chi connectivity index (χ1n) is 11.5. The minimum absolute atomic E-state index is 0.00204. The van der Waals surface area contributed by atoms with E-state index in [0.29, 0.717) is 5.92 Å². The second kappa shape index (κ2) is 8.07. The topological polar surface area (TPSA) is 32.8 Å². The molecular formula is C26H32N2O2. The number of nitrogens with zero attached hydrogens (tertiary/aromatic N) is 2. The lowest BCUT2D eigenvalue weighted by atomic mass is 9.83. The Bertz CT molecular complexity index is 903. The van der Waals surface area contributed by atoms with Crippen LogP contribution >= 0.6 is 0 Å². The van der Waals surface area contributed by atoms with E-state index in [1.165, 1.54) is 11.1 Å². The molecule has 1 spiro atoms. The number of amides is 1. The number of carbonyl (C=O) groups excluding carboxylic acids is 1. The molecule has 1 unspecified atom stereocenters. The van der Waals surface area contributed by atoms with Crippen molar-refractivity contribution in [3.05, 3.63) is 65.2 Å². The number of hydrogen-bond acceptors (Lipinski definition) is 3. The predicted octanol–water partition coefficient (Wildman–Crippen LogP) is 4.50. The van der Waals surface area contributed by atoms with Crippen LogP contribution in [0, 0.1) is 0 Å². The predicted molar refractivity (Wildman–Crippen MR) is 119 cm³/mol. The van der Waals surface area contributed by atoms with Gasteiger partial charge in [0.05, 0.1) is 0 Å². The van der Waals surface area contributed by atoms with Crippen LogP contribution in [0.4, 0.5) is 0 Å². The summed E-state index contributed by atoms with van der Waals surface area (Å²) < 4.78 is 6.54. The van der Waals surface area contributed by atoms with E-state index in [1.54, 1.807) is 0 Å². The van der Waals surface area contributed by atoms with Gasteiger partial charge in [-0.15, -0.1) is 0 Å². The van der Waals surface area contributed by atoms with Gasteiger partial charge in [0.15, 0.2) is 0 Å². The highest BCUT2D eigenvalue weighted by atomic mass is 16.5. The highest BCUT2D eigenvalue weighted by Gasteiger charge is 2.39. The van der Waals surface area contributed by atoms with E-state index in [4.69, 9.17) is 4.74 Å². The molecule has 0 bridgehead atoms. The fourth-order valence-corrected chi connectivity index (χ4v) is 5.41. The van der Waals surface area contributed by atoms with E-state index in [-0.39, 0.29) is 11.5 Å². The second-order valence-electron chi connectivity index (χ2n) is 9.19. The van der Waals surface area contributed by atoms with Gasteiger partial charge in [0.1, 0.15) is 11.4 Å². The summed E-state index contributed by atoms with van der Waals surface area (Å²) in [5.74, 6) is 1.60. The van der Waals surface area contributed by atoms with Gasteiger partial charge >= 0.3 is 0 Å². The third-order valence-corrected chi connectivity index (χ3v) is 7.44. The summed E-state index contributed by atoms with van der Waals surface area (Å²) in [5, 5.41) is 0. The summed E-state index contributed by atoms with van der Waals surface area (Å²) in [7, 11) is 0. The van der Waals surface area contributed by atoms with E-state index >= 15 is 0 Å². The summed E-state index contributed by atoms with van der Waals surface area (Å²) in [5.41, 5.74) is 3.35. The number of rotatable bonds is 3. The first-order chi connectivity index (χ1) is 14.7. The SMILES string of the molecule is CCN1CCC2(CCc3cc(C(=O)N4CCC(c5ccccc5)C4)ccc3O2)CC1. The molecule has 5 rings (SSSR count). The van der Waals surface area contributed by atoms with Crippen molar-refractivity contribution >= 4 is 5.91 Å². The van der Waals surface area contributed by atoms with Crippen LogP contribution < -0.4 is 4.74 Å². The van der Waals surface area contributed by atoms with E-state index in [9.17, 15) is 4.79 Å². The number of fused-ring (bicyclic) bond motifs is 1. The number of aryl methyl sites for hydroxylation is 1. The van der Waals surface area contributed by atoms with Crippen molar-refractivity contribution in [1.29, 1.82) is 0 Å². The van der Waals surface area contributed by atoms with Crippen molar-refractivity contribution in [3.63, 3.8) is 0 Å². The molecule has 1 amide bonds. The number of ether oxygens (including phenoxy) is 1. The molecule has 2 fully saturated rings. The molecule has 158 valence electrons. The Morgan fingerprint density at radius 2 is 1.87 bits per heavy atom. The Balaban J connectivity index is 1.26. The van der Waals surface area contributed by atoms with Gasteiger partial charge in [-0.25, -0.2) is 0 Å². The van der Waals surface area contributed by atoms with Gasteiger partial charge in [0.2, 0.25) is 0 Å². The van der Waals surface area contributed by atoms with Gasteiger partial charge in [-0.3, -0.25) is 4.79 Å². The summed E-state index contributed by atoms with van der Waals surface area (Å²) in [4.78, 5) is 17.7. The summed E-state index contributed by atoms with van der Waals surface area (Å²) >= 11 is 0. The maximum atomic E-state index is 13.2. The van der Waals surface area contributed by atoms with Gasteiger partial charge < -0.3 is 14.5 Å². The van der Waals surface area contributed by atoms with Crippen LogP contribution in [0.1, 0.15) is 60.0 Å². The monoisotopic (exact) mass is 404 g/mol. The van der Waals surface area contributed by atoms with Gasteiger partial charge in [-0.2, -0.15) is 0 Å². The molecule has 0 aliphatic carbocycles. The van der Waals surface area contributed by atoms with Crippen molar-refractivity contribution in [2.24, 2.45) is 0 Å². The Hall–Kier alpha value is -2.33. The quantitative estimate of drug-likeness (QED) is 0.755. The number of benzene rings is 2. The average Bonchev–Trinajstić information content (AvgIpc) is 3.30. The van der Waals surface area contributed by atoms with Crippen LogP contribution in [0.5, 0.6) is 5.75 Å². The Kier molecular flexibility index (Phi) is 5.28. The molecule has 0 aromatic heterocycles. The first-order valence-corrected chi connectivity index (χ1v) is 11.5. The van der Waals surface area contributed by atoms with Crippen molar-refractivity contribution in [2.45, 2.75) is 50.5 Å². The lowest BCUT2D eigenvalue weighted by Gasteiger charge is -2.44. The summed E-state index contributed by atoms with van der Waals surface area (Å²) in [6.07, 6.45) is 5.33. The number of likely N-dealkylation sites (tertiary alicyclic amines) is 2. The summed E-state index contributed by atoms with van der Waals surface area (Å²) in [6.45, 7) is 7.26. The molecule has 30 heavy (non-hydrogen) atoms. The molecule has 3 heterocycles. The third kappa shape index (κ3) is 3.74. The normalized spacial score (nSPS) is 23.2. The smallest absolute Gasteiger partial charge is 0.253 e. The standard InChI is InChI=1S/C26H32N2O2/c1-2-27-16-13-26(14-17-27)12-10-21-18-22(8-9-24(21)30-26)25(29)28-15-11-23(19-28)20-6-4-3-5-7-20/h3-9,18,23H,2,10-17,19H2,1H3. The van der Waals surface area contributed by atoms with E-state index < -0.39 is 0 Å². The molecule has 2 aromatic carbocycles. The van der Waals surface area contributed by atoms with Crippen molar-refractivity contribution < 1.29 is 9.53 Å². The molecule has 3 aliphatic heterocycles. The molecule has 3 aliphatic rings. The second-order valence-corrected chi connectivity index (χ2v) is 9.19. The zero-order chi connectivity index (χ0) is 20.6. The maximum Gasteiger partial charge on any atom is 0.253 e. The first kappa shape index (κ1) is 19.6. The fraction of sp³-hybridized carbons (Fsp3) is 0.500. The van der Waals surface area contributed by atoms with Gasteiger partial charge in [-0.1, -0.05) is 37.3 Å². The molecule has 4 nitrogen and oxygen atoms in total. The molecule has 2 saturated heterocycles. The van der Waals surface area contributed by atoms with Crippen LogP contribution in [-0.4, -0.2) is 54.0 Å². The van der Waals surface area contributed by atoms with E-state index in [1.807, 2.05) is 23.1 Å². The minimum Gasteiger partial charge on any atom is -0.487 e. The van der Waals surface area contributed by atoms with Gasteiger partial charge in [0, 0.05) is 37.7 Å². The molecule has 0 N–H and O–H groups in total. The van der Waals surface area contributed by atoms with Crippen LogP contribution in [0.3, 0.4) is 0 Å². The highest BCUT2D eigenvalue weighted by molar-refractivity contribution is 5.95. The maximum absolute atomic E-state index is 13.2. The Labute approximate surface area is 179 Å². The number of hydrogen-bond donors (Lipinski definition) is 0. The largest absolute Gasteiger partial charge is 0.487 e. The van der Waals surface area contributed by atoms with Crippen LogP contribution in [-0.2, 0) is 6.42 Å². The molecule has 4 heteroatoms. The third-order valence-electron chi connectivity index (χ3n) is 7.44. The average molecular weight is 405 g/mol. The van der Waals surface area contributed by atoms with Gasteiger partial charge in [-0.05, 0) is 68.0 Å². The number of carbonyl (C=O) groups is 1. The van der Waals surface area contributed by atoms with Crippen molar-refractivity contribution in [2.75, 3.05) is 32.7 Å². The van der Waals surface area contributed by atoms with Crippen molar-refractivity contribution in [3.8, 4) is 5.75 Å². The van der Waals surface area contributed by atoms with E-state index in [0.717, 1.165) is 76.1 Å². The number of piperidine rings is 1. The van der Waals surface area contributed by atoms with E-state index in [2.05, 4.69) is 42.2 Å². The molecule has 1 atom stereocenters. The van der Waals surface area contributed by atoms with Gasteiger partial charge in [0.25, 0.3) is 5.91 Å². The zero-order valence-electron chi connectivity index (χ0n) is 18.0. The fourth-order valence-electron chi connectivity index (χ4n) is 5.41. The van der Waals surface area contributed by atoms with Crippen LogP contribution in [0.15, 0.2) is 48.5 Å². The van der Waals surface area contributed by atoms with Crippen LogP contribution in [0.2, 0.25) is 0 Å². The molecule has 0 saturated carbocycles. The van der Waals surface area contributed by atoms with Crippen molar-refractivity contribution in [1.82, 2.24) is 9.80 Å². The molecular weight excluding hydrogens is 372 g/mol. The minimum atomic E-state index is 0.00204. The Morgan fingerprint density at radius 3 is 2.63 bits per heavy atom. The molecule has 2 aromatic rings. The Morgan fingerprint density at radius 1 is 1.07 bits per heavy atom. The zero-order valence-corrected chi connectivity index (χ0v) is 18.0. The lowest BCUT2D eigenvalue weighted by Crippen LogP contribution is -2.49. The molecule has 0 radical (unpaired) electrons. The lowest BCUT2D eigenvalue weighted by molar-refractivity contribution is -0.0132. The highest BCUT2D eigenvalue weighted by Crippen LogP contribution is 2.40.